The number of methoxy groups -OCH3 is 1. The second-order valence-electron chi connectivity index (χ2n) is 12.3. The van der Waals surface area contributed by atoms with Crippen molar-refractivity contribution < 1.29 is 13.2 Å². The fourth-order valence-electron chi connectivity index (χ4n) is 7.21. The van der Waals surface area contributed by atoms with Crippen molar-refractivity contribution in [2.45, 2.75) is 37.0 Å². The van der Waals surface area contributed by atoms with Gasteiger partial charge >= 0.3 is 0 Å². The van der Waals surface area contributed by atoms with E-state index in [1.54, 1.807) is 7.11 Å². The number of aromatic nitrogens is 1. The monoisotopic (exact) mass is 655 g/mol. The summed E-state index contributed by atoms with van der Waals surface area (Å²) in [6.45, 7) is 6.11. The molecule has 2 bridgehead atoms. The minimum absolute atomic E-state index is 0.166. The minimum Gasteiger partial charge on any atom is -0.497 e. The number of nitrogens with zero attached hydrogens (tertiary/aromatic N) is 2. The van der Waals surface area contributed by atoms with Crippen LogP contribution in [-0.4, -0.2) is 55.9 Å². The first-order valence-electron chi connectivity index (χ1n) is 15.7. The summed E-state index contributed by atoms with van der Waals surface area (Å²) in [4.78, 5) is 7.21. The van der Waals surface area contributed by atoms with Gasteiger partial charge < -0.3 is 15.4 Å². The summed E-state index contributed by atoms with van der Waals surface area (Å²) in [7, 11) is -1.90. The van der Waals surface area contributed by atoms with Crippen molar-refractivity contribution in [2.24, 2.45) is 11.8 Å². The number of rotatable bonds is 11. The number of hydrogen-bond donors (Lipinski definition) is 3. The maximum atomic E-state index is 12.7. The highest BCUT2D eigenvalue weighted by atomic mass is 32.2. The number of nitrogens with one attached hydrogen (secondary N) is 3. The van der Waals surface area contributed by atoms with E-state index in [9.17, 15) is 8.42 Å². The van der Waals surface area contributed by atoms with Gasteiger partial charge in [0.15, 0.2) is 5.11 Å². The van der Waals surface area contributed by atoms with Crippen molar-refractivity contribution in [3.8, 4) is 5.75 Å². The van der Waals surface area contributed by atoms with Crippen LogP contribution < -0.4 is 20.1 Å². The van der Waals surface area contributed by atoms with E-state index in [1.165, 1.54) is 6.26 Å². The van der Waals surface area contributed by atoms with Gasteiger partial charge in [-0.3, -0.25) is 9.88 Å². The van der Waals surface area contributed by atoms with Gasteiger partial charge in [0.1, 0.15) is 5.75 Å². The highest BCUT2D eigenvalue weighted by molar-refractivity contribution is 7.88. The van der Waals surface area contributed by atoms with Gasteiger partial charge in [-0.25, -0.2) is 13.1 Å². The first kappa shape index (κ1) is 32.1. The minimum atomic E-state index is -3.58. The van der Waals surface area contributed by atoms with Gasteiger partial charge in [0.2, 0.25) is 10.0 Å². The Morgan fingerprint density at radius 2 is 1.72 bits per heavy atom. The van der Waals surface area contributed by atoms with Gasteiger partial charge in [0, 0.05) is 24.2 Å². The average molecular weight is 656 g/mol. The zero-order valence-corrected chi connectivity index (χ0v) is 27.8. The first-order valence-corrected chi connectivity index (χ1v) is 18.0. The molecule has 10 heteroatoms. The zero-order valence-electron chi connectivity index (χ0n) is 26.2. The molecule has 4 aromatic rings. The lowest BCUT2D eigenvalue weighted by molar-refractivity contribution is 0.00426. The van der Waals surface area contributed by atoms with E-state index in [1.807, 2.05) is 85.1 Å². The van der Waals surface area contributed by atoms with E-state index < -0.39 is 22.1 Å². The third-order valence-electron chi connectivity index (χ3n) is 9.42. The van der Waals surface area contributed by atoms with Crippen molar-refractivity contribution >= 4 is 38.3 Å². The standard InChI is InChI=1S/C36H41N5O3S2/c1-4-24-23-41-20-18-27(24)21-32(41)35(29-17-19-37-31-16-15-28(44-2)22-30(29)31)39-36(45)38-33(25-11-7-5-8-12-25)34(40-46(3,42)43)26-13-9-6-10-14-26/h4-17,19,22,24,27,32-35,40H,1,18,20-21,23H2,2-3H3,(H2,38,39,45)/t24-,27-,32-,33-,34-,35-/m0/s1. The van der Waals surface area contributed by atoms with Crippen LogP contribution in [0.25, 0.3) is 10.9 Å². The van der Waals surface area contributed by atoms with Crippen molar-refractivity contribution in [1.82, 2.24) is 25.2 Å². The second kappa shape index (κ2) is 13.9. The van der Waals surface area contributed by atoms with Gasteiger partial charge in [-0.1, -0.05) is 66.7 Å². The Morgan fingerprint density at radius 1 is 1.02 bits per heavy atom. The Balaban J connectivity index is 1.39. The van der Waals surface area contributed by atoms with Crippen molar-refractivity contribution in [2.75, 3.05) is 26.5 Å². The van der Waals surface area contributed by atoms with E-state index in [-0.39, 0.29) is 12.1 Å². The molecule has 7 atom stereocenters. The predicted octanol–water partition coefficient (Wildman–Crippen LogP) is 5.68. The summed E-state index contributed by atoms with van der Waals surface area (Å²) in [5.74, 6) is 1.79. The molecule has 0 radical (unpaired) electrons. The van der Waals surface area contributed by atoms with Crippen molar-refractivity contribution in [1.29, 1.82) is 0 Å². The Bertz CT molecular complexity index is 1790. The molecule has 0 amide bonds. The summed E-state index contributed by atoms with van der Waals surface area (Å²) in [5, 5.41) is 8.71. The van der Waals surface area contributed by atoms with E-state index in [0.29, 0.717) is 16.9 Å². The Kier molecular flexibility index (Phi) is 9.70. The third kappa shape index (κ3) is 7.10. The van der Waals surface area contributed by atoms with E-state index in [4.69, 9.17) is 17.0 Å². The molecule has 240 valence electrons. The smallest absolute Gasteiger partial charge is 0.209 e. The lowest BCUT2D eigenvalue weighted by Crippen LogP contribution is -2.58. The molecule has 3 aliphatic heterocycles. The van der Waals surface area contributed by atoms with Crippen LogP contribution >= 0.6 is 12.2 Å². The third-order valence-corrected chi connectivity index (χ3v) is 10.3. The number of fused-ring (bicyclic) bond motifs is 4. The zero-order chi connectivity index (χ0) is 32.3. The molecule has 3 N–H and O–H groups in total. The molecule has 0 saturated carbocycles. The number of piperidine rings is 3. The molecular weight excluding hydrogens is 615 g/mol. The fraction of sp³-hybridized carbons (Fsp3) is 0.333. The Labute approximate surface area is 277 Å². The van der Waals surface area contributed by atoms with Crippen LogP contribution in [0, 0.1) is 11.8 Å². The molecule has 8 nitrogen and oxygen atoms in total. The average Bonchev–Trinajstić information content (AvgIpc) is 3.08. The van der Waals surface area contributed by atoms with Crippen LogP contribution in [0.3, 0.4) is 0 Å². The number of sulfonamides is 1. The Hall–Kier alpha value is -3.83. The summed E-state index contributed by atoms with van der Waals surface area (Å²) >= 11 is 6.12. The van der Waals surface area contributed by atoms with Crippen LogP contribution in [-0.2, 0) is 10.0 Å². The van der Waals surface area contributed by atoms with E-state index >= 15 is 0 Å². The van der Waals surface area contributed by atoms with Crippen LogP contribution in [0.2, 0.25) is 0 Å². The number of ether oxygens (including phenoxy) is 1. The Morgan fingerprint density at radius 3 is 2.33 bits per heavy atom. The maximum Gasteiger partial charge on any atom is 0.209 e. The molecule has 3 saturated heterocycles. The van der Waals surface area contributed by atoms with Crippen LogP contribution in [0.4, 0.5) is 0 Å². The summed E-state index contributed by atoms with van der Waals surface area (Å²) < 4.78 is 33.9. The van der Waals surface area contributed by atoms with Gasteiger partial charge in [0.05, 0.1) is 37.0 Å². The van der Waals surface area contributed by atoms with Crippen molar-refractivity contribution in [3.05, 3.63) is 120 Å². The van der Waals surface area contributed by atoms with Crippen LogP contribution in [0.15, 0.2) is 104 Å². The molecule has 0 aliphatic carbocycles. The fourth-order valence-corrected chi connectivity index (χ4v) is 8.20. The number of benzene rings is 3. The molecule has 1 unspecified atom stereocenters. The number of hydrogen-bond acceptors (Lipinski definition) is 6. The maximum absolute atomic E-state index is 12.7. The van der Waals surface area contributed by atoms with Gasteiger partial charge in [0.25, 0.3) is 0 Å². The van der Waals surface area contributed by atoms with Gasteiger partial charge in [-0.15, -0.1) is 6.58 Å². The summed E-state index contributed by atoms with van der Waals surface area (Å²) in [6.07, 6.45) is 7.31. The van der Waals surface area contributed by atoms with Gasteiger partial charge in [-0.05, 0) is 84.4 Å². The summed E-state index contributed by atoms with van der Waals surface area (Å²) in [6, 6.07) is 26.3. The lowest BCUT2D eigenvalue weighted by Gasteiger charge is -2.52. The number of thiocarbonyl (C=S) groups is 1. The molecule has 1 aromatic heterocycles. The largest absolute Gasteiger partial charge is 0.497 e. The van der Waals surface area contributed by atoms with Crippen LogP contribution in [0.1, 0.15) is 47.7 Å². The topological polar surface area (TPSA) is 95.6 Å². The SMILES string of the molecule is C=C[C@H]1CN2CC[C@H]1C[C@H]2[C@@H](NC(=S)N[C@@H](c1ccccc1)[C@@H](NS(C)(=O)=O)c1ccccc1)c1ccnc2ccc(OC)cc12. The first-order chi connectivity index (χ1) is 22.2. The molecule has 46 heavy (non-hydrogen) atoms. The van der Waals surface area contributed by atoms with E-state index in [2.05, 4.69) is 44.0 Å². The van der Waals surface area contributed by atoms with Gasteiger partial charge in [-0.2, -0.15) is 0 Å². The second-order valence-corrected chi connectivity index (χ2v) is 14.5. The van der Waals surface area contributed by atoms with Crippen LogP contribution in [0.5, 0.6) is 5.75 Å². The van der Waals surface area contributed by atoms with Crippen molar-refractivity contribution in [3.63, 3.8) is 0 Å². The van der Waals surface area contributed by atoms with E-state index in [0.717, 1.165) is 59.3 Å². The highest BCUT2D eigenvalue weighted by Crippen LogP contribution is 2.42. The molecular formula is C36H41N5O3S2. The normalized spacial score (nSPS) is 22.8. The quantitative estimate of drug-likeness (QED) is 0.141. The lowest BCUT2D eigenvalue weighted by atomic mass is 9.73. The molecule has 4 heterocycles. The highest BCUT2D eigenvalue weighted by Gasteiger charge is 2.43. The number of pyridine rings is 1. The molecule has 3 aliphatic rings. The molecule has 3 fully saturated rings. The molecule has 3 aromatic carbocycles. The summed E-state index contributed by atoms with van der Waals surface area (Å²) in [5.41, 5.74) is 3.70. The molecule has 7 rings (SSSR count). The molecule has 0 spiro atoms. The predicted molar refractivity (Wildman–Crippen MR) is 188 cm³/mol.